The first-order valence-electron chi connectivity index (χ1n) is 12.5. The number of ketones is 1. The molecule has 0 amide bonds. The Bertz CT molecular complexity index is 713. The van der Waals surface area contributed by atoms with Crippen LogP contribution in [-0.2, 0) is 4.79 Å². The fourth-order valence-electron chi connectivity index (χ4n) is 6.75. The molecule has 3 rings (SSSR count). The molecule has 4 nitrogen and oxygen atoms in total. The highest BCUT2D eigenvalue weighted by molar-refractivity contribution is 6.05. The first kappa shape index (κ1) is 24.7. The quantitative estimate of drug-likeness (QED) is 0.466. The molecule has 31 heavy (non-hydrogen) atoms. The average Bonchev–Trinajstić information content (AvgIpc) is 3.04. The number of carbonyl (C=O) groups is 1. The van der Waals surface area contributed by atoms with Gasteiger partial charge in [-0.15, -0.1) is 0 Å². The largest absolute Gasteiger partial charge is 0.396 e. The minimum atomic E-state index is -0.596. The first-order chi connectivity index (χ1) is 14.5. The monoisotopic (exact) mass is 432 g/mol. The van der Waals surface area contributed by atoms with Crippen LogP contribution in [-0.4, -0.2) is 39.4 Å². The third-order valence-electron chi connectivity index (χ3n) is 8.51. The lowest BCUT2D eigenvalue weighted by Gasteiger charge is -2.40. The molecule has 0 aromatic rings. The van der Waals surface area contributed by atoms with Crippen LogP contribution in [0.15, 0.2) is 22.8 Å². The molecule has 0 aromatic carbocycles. The van der Waals surface area contributed by atoms with Crippen molar-refractivity contribution in [1.82, 2.24) is 0 Å². The van der Waals surface area contributed by atoms with Gasteiger partial charge in [0, 0.05) is 12.5 Å². The van der Waals surface area contributed by atoms with Crippen molar-refractivity contribution in [3.63, 3.8) is 0 Å². The Morgan fingerprint density at radius 2 is 2.00 bits per heavy atom. The Morgan fingerprint density at radius 1 is 1.26 bits per heavy atom. The van der Waals surface area contributed by atoms with Gasteiger partial charge in [-0.05, 0) is 101 Å². The summed E-state index contributed by atoms with van der Waals surface area (Å²) in [6, 6.07) is 0. The topological polar surface area (TPSA) is 77.8 Å². The molecule has 2 saturated carbocycles. The van der Waals surface area contributed by atoms with Crippen LogP contribution in [0, 0.1) is 23.2 Å². The van der Waals surface area contributed by atoms with Crippen molar-refractivity contribution in [2.75, 3.05) is 6.61 Å². The van der Waals surface area contributed by atoms with Gasteiger partial charge in [-0.1, -0.05) is 37.8 Å². The minimum absolute atomic E-state index is 0.0139. The lowest BCUT2D eigenvalue weighted by atomic mass is 9.64. The number of carbonyl (C=O) groups excluding carboxylic acids is 1. The molecular weight excluding hydrogens is 388 g/mol. The minimum Gasteiger partial charge on any atom is -0.396 e. The predicted molar refractivity (Wildman–Crippen MR) is 125 cm³/mol. The van der Waals surface area contributed by atoms with Crippen LogP contribution in [0.1, 0.15) is 98.3 Å². The summed E-state index contributed by atoms with van der Waals surface area (Å²) in [4.78, 5) is 13.4. The normalized spacial score (nSPS) is 34.2. The maximum atomic E-state index is 13.4. The molecular formula is C27H44O4. The maximum Gasteiger partial charge on any atom is 0.181 e. The fraction of sp³-hybridized carbons (Fsp3) is 0.815. The molecule has 3 aliphatic rings. The number of aliphatic hydroxyl groups excluding tert-OH is 2. The number of allylic oxidation sites excluding steroid dienone is 3. The number of rotatable bonds is 8. The Balaban J connectivity index is 1.77. The van der Waals surface area contributed by atoms with E-state index >= 15 is 0 Å². The number of hydrogen-bond donors (Lipinski definition) is 3. The fourth-order valence-corrected chi connectivity index (χ4v) is 6.75. The van der Waals surface area contributed by atoms with E-state index in [1.807, 2.05) is 13.8 Å². The summed E-state index contributed by atoms with van der Waals surface area (Å²) in [6.45, 7) is 8.56. The van der Waals surface area contributed by atoms with Gasteiger partial charge in [0.25, 0.3) is 0 Å². The van der Waals surface area contributed by atoms with Gasteiger partial charge in [-0.2, -0.15) is 0 Å². The summed E-state index contributed by atoms with van der Waals surface area (Å²) in [6.07, 6.45) is 11.6. The Hall–Kier alpha value is -0.970. The zero-order valence-electron chi connectivity index (χ0n) is 20.1. The van der Waals surface area contributed by atoms with Gasteiger partial charge in [-0.3, -0.25) is 4.79 Å². The smallest absolute Gasteiger partial charge is 0.181 e. The Morgan fingerprint density at radius 3 is 2.68 bits per heavy atom. The standard InChI is InChI=1S/C27H44O4/c1-18(7-5-13-26(2,3)31)23-11-12-24-22(8-6-14-27(23,24)4)25(30)16-20-15-21(29)10-9-19(20)17-28/h16,18-19,21,23,28-29,31H,5-15,17H2,1-4H3/b20-16-/t18-,19+,21+,23-,27-/m1/s1. The van der Waals surface area contributed by atoms with E-state index < -0.39 is 11.7 Å². The molecule has 176 valence electrons. The molecule has 0 aliphatic heterocycles. The Kier molecular flexibility index (Phi) is 7.87. The highest BCUT2D eigenvalue weighted by Crippen LogP contribution is 2.58. The highest BCUT2D eigenvalue weighted by atomic mass is 16.3. The summed E-state index contributed by atoms with van der Waals surface area (Å²) < 4.78 is 0. The highest BCUT2D eigenvalue weighted by Gasteiger charge is 2.47. The Labute approximate surface area is 188 Å². The van der Waals surface area contributed by atoms with E-state index in [4.69, 9.17) is 0 Å². The van der Waals surface area contributed by atoms with Crippen LogP contribution in [0.5, 0.6) is 0 Å². The van der Waals surface area contributed by atoms with Crippen LogP contribution < -0.4 is 0 Å². The van der Waals surface area contributed by atoms with Crippen molar-refractivity contribution in [2.24, 2.45) is 23.2 Å². The molecule has 4 heteroatoms. The summed E-state index contributed by atoms with van der Waals surface area (Å²) in [5.74, 6) is 1.32. The molecule has 3 aliphatic carbocycles. The van der Waals surface area contributed by atoms with Crippen molar-refractivity contribution in [1.29, 1.82) is 0 Å². The molecule has 0 aromatic heterocycles. The second-order valence-corrected chi connectivity index (χ2v) is 11.5. The van der Waals surface area contributed by atoms with E-state index in [-0.39, 0.29) is 23.7 Å². The molecule has 5 atom stereocenters. The summed E-state index contributed by atoms with van der Waals surface area (Å²) >= 11 is 0. The first-order valence-corrected chi connectivity index (χ1v) is 12.5. The van der Waals surface area contributed by atoms with Crippen molar-refractivity contribution in [3.05, 3.63) is 22.8 Å². The van der Waals surface area contributed by atoms with E-state index in [0.717, 1.165) is 68.9 Å². The molecule has 3 N–H and O–H groups in total. The molecule has 0 spiro atoms. The van der Waals surface area contributed by atoms with Crippen LogP contribution in [0.2, 0.25) is 0 Å². The van der Waals surface area contributed by atoms with Crippen LogP contribution in [0.25, 0.3) is 0 Å². The molecule has 0 radical (unpaired) electrons. The molecule has 0 heterocycles. The van der Waals surface area contributed by atoms with E-state index in [2.05, 4.69) is 13.8 Å². The molecule has 2 fully saturated rings. The lowest BCUT2D eigenvalue weighted by molar-refractivity contribution is -0.111. The van der Waals surface area contributed by atoms with Gasteiger partial charge in [-0.25, -0.2) is 0 Å². The lowest BCUT2D eigenvalue weighted by Crippen LogP contribution is -2.32. The van der Waals surface area contributed by atoms with Gasteiger partial charge in [0.05, 0.1) is 11.7 Å². The summed E-state index contributed by atoms with van der Waals surface area (Å²) in [5.41, 5.74) is 2.85. The van der Waals surface area contributed by atoms with Gasteiger partial charge in [0.15, 0.2) is 5.78 Å². The molecule has 0 unspecified atom stereocenters. The van der Waals surface area contributed by atoms with Gasteiger partial charge >= 0.3 is 0 Å². The van der Waals surface area contributed by atoms with Gasteiger partial charge in [0.2, 0.25) is 0 Å². The number of fused-ring (bicyclic) bond motifs is 1. The van der Waals surface area contributed by atoms with E-state index in [1.165, 1.54) is 5.57 Å². The van der Waals surface area contributed by atoms with Gasteiger partial charge in [0.1, 0.15) is 0 Å². The van der Waals surface area contributed by atoms with Crippen LogP contribution >= 0.6 is 0 Å². The third kappa shape index (κ3) is 5.69. The van der Waals surface area contributed by atoms with E-state index in [1.54, 1.807) is 6.08 Å². The van der Waals surface area contributed by atoms with E-state index in [0.29, 0.717) is 24.7 Å². The van der Waals surface area contributed by atoms with Crippen LogP contribution in [0.3, 0.4) is 0 Å². The summed E-state index contributed by atoms with van der Waals surface area (Å²) in [5, 5.41) is 29.8. The van der Waals surface area contributed by atoms with Gasteiger partial charge < -0.3 is 15.3 Å². The third-order valence-corrected chi connectivity index (χ3v) is 8.51. The zero-order chi connectivity index (χ0) is 22.8. The van der Waals surface area contributed by atoms with Crippen molar-refractivity contribution < 1.29 is 20.1 Å². The van der Waals surface area contributed by atoms with E-state index in [9.17, 15) is 20.1 Å². The second kappa shape index (κ2) is 9.89. The zero-order valence-corrected chi connectivity index (χ0v) is 20.1. The van der Waals surface area contributed by atoms with Crippen molar-refractivity contribution in [2.45, 2.75) is 110 Å². The van der Waals surface area contributed by atoms with Crippen molar-refractivity contribution >= 4 is 5.78 Å². The number of aliphatic hydroxyl groups is 3. The summed E-state index contributed by atoms with van der Waals surface area (Å²) in [7, 11) is 0. The number of hydrogen-bond acceptors (Lipinski definition) is 4. The molecule has 0 bridgehead atoms. The second-order valence-electron chi connectivity index (χ2n) is 11.5. The average molecular weight is 433 g/mol. The SMILES string of the molecule is C[C@H](CCCC(C)(C)O)[C@H]1CCC2=C(C(=O)/C=C3/C[C@@H](O)CC[C@H]3CO)CCC[C@@]21C. The predicted octanol–water partition coefficient (Wildman–Crippen LogP) is 5.11. The maximum absolute atomic E-state index is 13.4. The molecule has 0 saturated heterocycles. The van der Waals surface area contributed by atoms with Crippen LogP contribution in [0.4, 0.5) is 0 Å². The van der Waals surface area contributed by atoms with Crippen molar-refractivity contribution in [3.8, 4) is 0 Å².